The highest BCUT2D eigenvalue weighted by Crippen LogP contribution is 2.08. The molecule has 0 aliphatic carbocycles. The van der Waals surface area contributed by atoms with E-state index in [0.29, 0.717) is 5.12 Å². The van der Waals surface area contributed by atoms with Crippen molar-refractivity contribution >= 4 is 17.9 Å². The van der Waals surface area contributed by atoms with Crippen LogP contribution in [0.5, 0.6) is 0 Å². The summed E-state index contributed by atoms with van der Waals surface area (Å²) in [4.78, 5) is 33.1. The number of amides is 3. The third-order valence-corrected chi connectivity index (χ3v) is 1.11. The van der Waals surface area contributed by atoms with Crippen molar-refractivity contribution in [1.29, 1.82) is 0 Å². The molecule has 0 spiro atoms. The number of ether oxygens (including phenoxy) is 1. The van der Waals surface area contributed by atoms with Crippen molar-refractivity contribution in [3.8, 4) is 0 Å². The van der Waals surface area contributed by atoms with E-state index in [1.165, 1.54) is 13.8 Å². The van der Waals surface area contributed by atoms with Gasteiger partial charge in [0.05, 0.1) is 0 Å². The smallest absolute Gasteiger partial charge is 0.441 e. The Morgan fingerprint density at radius 2 is 1.38 bits per heavy atom. The van der Waals surface area contributed by atoms with Crippen molar-refractivity contribution in [3.05, 3.63) is 0 Å². The second-order valence-electron chi connectivity index (χ2n) is 4.15. The molecule has 0 atom stereocenters. The maximum absolute atomic E-state index is 11.5. The number of nitrogens with zero attached hydrogens (tertiary/aromatic N) is 1. The van der Waals surface area contributed by atoms with E-state index in [1.54, 1.807) is 20.8 Å². The third kappa shape index (κ3) is 6.63. The molecule has 0 saturated heterocycles. The summed E-state index contributed by atoms with van der Waals surface area (Å²) in [7, 11) is 0. The summed E-state index contributed by atoms with van der Waals surface area (Å²) in [5.74, 6) is -1.00. The first-order valence-corrected chi connectivity index (χ1v) is 4.69. The third-order valence-electron chi connectivity index (χ3n) is 1.11. The van der Waals surface area contributed by atoms with Gasteiger partial charge in [0.15, 0.2) is 0 Å². The molecule has 0 aliphatic rings. The molecule has 0 aliphatic heterocycles. The molecule has 2 N–H and O–H groups in total. The lowest BCUT2D eigenvalue weighted by molar-refractivity contribution is -0.131. The lowest BCUT2D eigenvalue weighted by atomic mass is 10.2. The number of carbonyl (C=O) groups is 3. The van der Waals surface area contributed by atoms with E-state index in [-0.39, 0.29) is 0 Å². The van der Waals surface area contributed by atoms with Gasteiger partial charge in [-0.3, -0.25) is 9.59 Å². The van der Waals surface area contributed by atoms with Gasteiger partial charge in [-0.2, -0.15) is 0 Å². The van der Waals surface area contributed by atoms with Crippen LogP contribution in [0.2, 0.25) is 0 Å². The zero-order chi connectivity index (χ0) is 12.9. The Hall–Kier alpha value is -1.79. The molecule has 0 aromatic rings. The van der Waals surface area contributed by atoms with Crippen LogP contribution in [0, 0.1) is 0 Å². The number of hydrogen-bond acceptors (Lipinski definition) is 4. The van der Waals surface area contributed by atoms with Crippen LogP contribution < -0.4 is 10.9 Å². The van der Waals surface area contributed by atoms with Crippen LogP contribution in [0.15, 0.2) is 0 Å². The Kier molecular flexibility index (Phi) is 4.74. The SMILES string of the molecule is CC(=O)NN(NC(C)=O)C(=O)OC(C)(C)C. The Morgan fingerprint density at radius 1 is 1.00 bits per heavy atom. The number of nitrogens with one attached hydrogen (secondary N) is 2. The van der Waals surface area contributed by atoms with E-state index in [0.717, 1.165) is 0 Å². The standard InChI is InChI=1S/C9H17N3O4/c1-6(13)10-12(11-7(2)14)8(15)16-9(3,4)5/h1-5H3,(H,10,13)(H,11,14). The minimum absolute atomic E-state index is 0.500. The normalized spacial score (nSPS) is 10.3. The lowest BCUT2D eigenvalue weighted by Gasteiger charge is -2.26. The molecule has 0 heterocycles. The Morgan fingerprint density at radius 3 is 1.62 bits per heavy atom. The molecule has 0 bridgehead atoms. The van der Waals surface area contributed by atoms with Crippen LogP contribution in [0.3, 0.4) is 0 Å². The molecule has 0 fully saturated rings. The lowest BCUT2D eigenvalue weighted by Crippen LogP contribution is -2.56. The molecular formula is C9H17N3O4. The van der Waals surface area contributed by atoms with Crippen molar-refractivity contribution in [2.24, 2.45) is 0 Å². The first-order chi connectivity index (χ1) is 7.11. The summed E-state index contributed by atoms with van der Waals surface area (Å²) >= 11 is 0. The maximum atomic E-state index is 11.5. The van der Waals surface area contributed by atoms with Crippen LogP contribution >= 0.6 is 0 Å². The fraction of sp³-hybridized carbons (Fsp3) is 0.667. The van der Waals surface area contributed by atoms with Gasteiger partial charge in [-0.25, -0.2) is 15.6 Å². The Bertz CT molecular complexity index is 280. The monoisotopic (exact) mass is 231 g/mol. The van der Waals surface area contributed by atoms with Crippen LogP contribution in [0.4, 0.5) is 4.79 Å². The topological polar surface area (TPSA) is 87.7 Å². The average molecular weight is 231 g/mol. The van der Waals surface area contributed by atoms with Gasteiger partial charge in [-0.1, -0.05) is 0 Å². The molecule has 92 valence electrons. The van der Waals surface area contributed by atoms with Gasteiger partial charge in [0, 0.05) is 13.8 Å². The summed E-state index contributed by atoms with van der Waals surface area (Å²) in [6.07, 6.45) is -0.863. The molecule has 7 heteroatoms. The Labute approximate surface area is 94.1 Å². The van der Waals surface area contributed by atoms with Gasteiger partial charge in [0.2, 0.25) is 11.8 Å². The minimum Gasteiger partial charge on any atom is -0.441 e. The number of carbonyl (C=O) groups excluding carboxylic acids is 3. The summed E-state index contributed by atoms with van der Waals surface area (Å²) in [5.41, 5.74) is 3.53. The van der Waals surface area contributed by atoms with Crippen LogP contribution in [-0.2, 0) is 14.3 Å². The molecule has 0 unspecified atom stereocenters. The van der Waals surface area contributed by atoms with E-state index in [9.17, 15) is 14.4 Å². The summed E-state index contributed by atoms with van der Waals surface area (Å²) in [5, 5.41) is 0.607. The highest BCUT2D eigenvalue weighted by Gasteiger charge is 2.23. The molecule has 0 saturated carbocycles. The summed E-state index contributed by atoms with van der Waals surface area (Å²) in [6, 6.07) is 0. The molecule has 7 nitrogen and oxygen atoms in total. The van der Waals surface area contributed by atoms with Crippen molar-refractivity contribution < 1.29 is 19.1 Å². The molecule has 0 aromatic carbocycles. The number of hydrazine groups is 2. The predicted molar refractivity (Wildman–Crippen MR) is 55.7 cm³/mol. The quantitative estimate of drug-likeness (QED) is 0.588. The van der Waals surface area contributed by atoms with E-state index < -0.39 is 23.5 Å². The fourth-order valence-corrected chi connectivity index (χ4v) is 0.742. The predicted octanol–water partition coefficient (Wildman–Crippen LogP) is 0.326. The van der Waals surface area contributed by atoms with E-state index in [4.69, 9.17) is 4.74 Å². The highest BCUT2D eigenvalue weighted by atomic mass is 16.6. The zero-order valence-electron chi connectivity index (χ0n) is 10.1. The van der Waals surface area contributed by atoms with E-state index in [1.807, 2.05) is 0 Å². The second-order valence-corrected chi connectivity index (χ2v) is 4.15. The van der Waals surface area contributed by atoms with E-state index in [2.05, 4.69) is 10.9 Å². The largest absolute Gasteiger partial charge is 0.449 e. The van der Waals surface area contributed by atoms with Crippen LogP contribution in [0.25, 0.3) is 0 Å². The van der Waals surface area contributed by atoms with E-state index >= 15 is 0 Å². The summed E-state index contributed by atoms with van der Waals surface area (Å²) in [6.45, 7) is 7.43. The molecular weight excluding hydrogens is 214 g/mol. The van der Waals surface area contributed by atoms with Gasteiger partial charge in [0.1, 0.15) is 5.60 Å². The first kappa shape index (κ1) is 14.2. The minimum atomic E-state index is -0.863. The molecule has 3 amide bonds. The molecule has 0 aromatic heterocycles. The van der Waals surface area contributed by atoms with Crippen molar-refractivity contribution in [2.75, 3.05) is 0 Å². The molecule has 0 radical (unpaired) electrons. The average Bonchev–Trinajstić information content (AvgIpc) is 1.97. The van der Waals surface area contributed by atoms with Crippen molar-refractivity contribution in [3.63, 3.8) is 0 Å². The first-order valence-electron chi connectivity index (χ1n) is 4.69. The Balaban J connectivity index is 4.56. The molecule has 16 heavy (non-hydrogen) atoms. The number of rotatable bonds is 0. The van der Waals surface area contributed by atoms with Gasteiger partial charge in [0.25, 0.3) is 0 Å². The maximum Gasteiger partial charge on any atom is 0.449 e. The van der Waals surface area contributed by atoms with Crippen LogP contribution in [-0.4, -0.2) is 28.6 Å². The van der Waals surface area contributed by atoms with Crippen LogP contribution in [0.1, 0.15) is 34.6 Å². The van der Waals surface area contributed by atoms with Gasteiger partial charge >= 0.3 is 6.09 Å². The highest BCUT2D eigenvalue weighted by molar-refractivity contribution is 5.80. The second kappa shape index (κ2) is 5.34. The van der Waals surface area contributed by atoms with Crippen molar-refractivity contribution in [1.82, 2.24) is 16.0 Å². The van der Waals surface area contributed by atoms with Gasteiger partial charge in [-0.05, 0) is 20.8 Å². The zero-order valence-corrected chi connectivity index (χ0v) is 10.1. The summed E-state index contributed by atoms with van der Waals surface area (Å²) < 4.78 is 4.96. The van der Waals surface area contributed by atoms with Crippen molar-refractivity contribution in [2.45, 2.75) is 40.2 Å². The number of hydrogen-bond donors (Lipinski definition) is 2. The van der Waals surface area contributed by atoms with Gasteiger partial charge < -0.3 is 4.74 Å². The van der Waals surface area contributed by atoms with Gasteiger partial charge in [-0.15, -0.1) is 5.12 Å². The molecule has 0 rings (SSSR count). The fourth-order valence-electron chi connectivity index (χ4n) is 0.742.